The first-order chi connectivity index (χ1) is 13.4. The molecule has 2 amide bonds. The maximum Gasteiger partial charge on any atom is 0.488 e. The molecule has 0 bridgehead atoms. The number of aliphatic hydroxyl groups excluding tert-OH is 1. The van der Waals surface area contributed by atoms with Crippen LogP contribution in [0, 0.1) is 0 Å². The summed E-state index contributed by atoms with van der Waals surface area (Å²) in [4.78, 5) is 48.9. The molecule has 172 valence electrons. The lowest BCUT2D eigenvalue weighted by molar-refractivity contribution is -0.0706. The third-order valence-electron chi connectivity index (χ3n) is 3.73. The van der Waals surface area contributed by atoms with E-state index in [1.54, 1.807) is 0 Å². The molecule has 2 aliphatic heterocycles. The van der Waals surface area contributed by atoms with Crippen LogP contribution in [-0.2, 0) is 38.8 Å². The summed E-state index contributed by atoms with van der Waals surface area (Å²) < 4.78 is 54.6. The van der Waals surface area contributed by atoms with Crippen LogP contribution in [0.25, 0.3) is 0 Å². The van der Waals surface area contributed by atoms with E-state index < -0.39 is 59.1 Å². The fourth-order valence-corrected chi connectivity index (χ4v) is 6.46. The van der Waals surface area contributed by atoms with E-state index in [-0.39, 0.29) is 5.70 Å². The molecule has 0 aromatic carbocycles. The van der Waals surface area contributed by atoms with E-state index in [9.17, 15) is 28.8 Å². The second-order valence-corrected chi connectivity index (χ2v) is 12.0. The van der Waals surface area contributed by atoms with E-state index in [0.717, 1.165) is 11.8 Å². The highest BCUT2D eigenvalue weighted by Gasteiger charge is 2.57. The second-order valence-electron chi connectivity index (χ2n) is 6.19. The minimum Gasteiger partial charge on any atom is -0.387 e. The van der Waals surface area contributed by atoms with Crippen molar-refractivity contribution in [1.29, 1.82) is 0 Å². The van der Waals surface area contributed by atoms with Crippen molar-refractivity contribution >= 4 is 40.2 Å². The van der Waals surface area contributed by atoms with Gasteiger partial charge in [-0.2, -0.15) is 4.31 Å². The van der Waals surface area contributed by atoms with Crippen LogP contribution >= 0.6 is 22.4 Å². The molecule has 0 spiro atoms. The van der Waals surface area contributed by atoms with Crippen molar-refractivity contribution in [3.05, 3.63) is 24.6 Å². The number of carbonyl (C=O) groups excluding carboxylic acids is 1. The lowest BCUT2D eigenvalue weighted by atomic mass is 9.98. The Hall–Kier alpha value is -0.570. The largest absolute Gasteiger partial charge is 0.488 e. The number of rotatable bonds is 8. The lowest BCUT2D eigenvalue weighted by Gasteiger charge is -2.33. The van der Waals surface area contributed by atoms with Gasteiger partial charge in [0, 0.05) is 11.9 Å². The van der Waals surface area contributed by atoms with Gasteiger partial charge >= 0.3 is 28.4 Å². The molecule has 1 saturated heterocycles. The molecule has 6 N–H and O–H groups in total. The second kappa shape index (κ2) is 8.75. The highest BCUT2D eigenvalue weighted by molar-refractivity contribution is 8.08. The van der Waals surface area contributed by atoms with Gasteiger partial charge in [0.05, 0.1) is 6.61 Å². The zero-order chi connectivity index (χ0) is 23.1. The van der Waals surface area contributed by atoms with Gasteiger partial charge in [0.25, 0.3) is 0 Å². The van der Waals surface area contributed by atoms with Gasteiger partial charge in [-0.05, 0) is 24.8 Å². The van der Waals surface area contributed by atoms with Gasteiger partial charge < -0.3 is 39.3 Å². The molecule has 2 heterocycles. The number of urea groups is 1. The fourth-order valence-electron chi connectivity index (χ4n) is 2.49. The molecule has 30 heavy (non-hydrogen) atoms. The molecule has 0 aromatic rings. The third-order valence-corrected chi connectivity index (χ3v) is 8.44. The summed E-state index contributed by atoms with van der Waals surface area (Å²) in [6.45, 7) is -1.12. The Morgan fingerprint density at radius 1 is 1.37 bits per heavy atom. The molecule has 0 aliphatic carbocycles. The standard InChI is InChI=1S/C11H18FN2O12P3S/c1-6-3-4-14(10(16)13-6)9-11(2,12)8(15)7(24-9)5-23-29(22,30)26-28(20,21)25-27(17,18)19/h3-4,7-9,15H,1,5H2,2H3,(H,13,16)(H,20,21)(H,22,30)(H2,17,18,19)/t7-,8-,9-,11-,29-/m1/s1. The molecule has 2 aliphatic rings. The van der Waals surface area contributed by atoms with Gasteiger partial charge in [-0.1, -0.05) is 6.58 Å². The predicted molar refractivity (Wildman–Crippen MR) is 99.3 cm³/mol. The van der Waals surface area contributed by atoms with Crippen LogP contribution in [0.15, 0.2) is 24.6 Å². The first-order valence-electron chi connectivity index (χ1n) is 7.71. The van der Waals surface area contributed by atoms with Crippen LogP contribution in [0.2, 0.25) is 0 Å². The number of ether oxygens (including phenoxy) is 1. The smallest absolute Gasteiger partial charge is 0.387 e. The zero-order valence-corrected chi connectivity index (χ0v) is 18.5. The minimum atomic E-state index is -5.53. The number of aliphatic hydroxyl groups is 1. The first kappa shape index (κ1) is 25.7. The monoisotopic (exact) mass is 514 g/mol. The van der Waals surface area contributed by atoms with E-state index >= 15 is 4.39 Å². The van der Waals surface area contributed by atoms with Gasteiger partial charge in [0.2, 0.25) is 0 Å². The zero-order valence-electron chi connectivity index (χ0n) is 15.0. The van der Waals surface area contributed by atoms with Crippen molar-refractivity contribution < 1.29 is 60.9 Å². The topological polar surface area (TPSA) is 205 Å². The molecular weight excluding hydrogens is 496 g/mol. The minimum absolute atomic E-state index is 0.235. The van der Waals surface area contributed by atoms with E-state index in [4.69, 9.17) is 19.0 Å². The number of hydrogen-bond acceptors (Lipinski definition) is 9. The average Bonchev–Trinajstić information content (AvgIpc) is 2.73. The van der Waals surface area contributed by atoms with Crippen LogP contribution in [-0.4, -0.2) is 66.3 Å². The van der Waals surface area contributed by atoms with Gasteiger partial charge in [0.1, 0.15) is 12.2 Å². The van der Waals surface area contributed by atoms with Crippen molar-refractivity contribution in [3.63, 3.8) is 0 Å². The number of phosphoric acid groups is 2. The SMILES string of the molecule is C=C1C=CN([C@@H]2O[C@H](CO[P@@](O)(=S)OP(=O)(O)OP(=O)(O)O)[C@@H](O)[C@@]2(C)F)C(=O)N1. The summed E-state index contributed by atoms with van der Waals surface area (Å²) in [7, 11) is -11.0. The van der Waals surface area contributed by atoms with E-state index in [2.05, 4.69) is 32.3 Å². The van der Waals surface area contributed by atoms with Crippen molar-refractivity contribution in [2.75, 3.05) is 6.61 Å². The molecule has 14 nitrogen and oxygen atoms in total. The Bertz CT molecular complexity index is 893. The molecule has 0 saturated carbocycles. The summed E-state index contributed by atoms with van der Waals surface area (Å²) in [5, 5.41) is 12.5. The normalized spacial score (nSPS) is 33.8. The number of amides is 2. The molecule has 19 heteroatoms. The van der Waals surface area contributed by atoms with Crippen LogP contribution in [0.5, 0.6) is 0 Å². The average molecular weight is 514 g/mol. The quantitative estimate of drug-likeness (QED) is 0.242. The van der Waals surface area contributed by atoms with E-state index in [1.165, 1.54) is 12.3 Å². The highest BCUT2D eigenvalue weighted by atomic mass is 32.5. The highest BCUT2D eigenvalue weighted by Crippen LogP contribution is 2.66. The van der Waals surface area contributed by atoms with Crippen LogP contribution in [0.1, 0.15) is 6.92 Å². The van der Waals surface area contributed by atoms with Gasteiger partial charge in [-0.3, -0.25) is 4.90 Å². The Morgan fingerprint density at radius 3 is 2.50 bits per heavy atom. The molecule has 6 atom stereocenters. The van der Waals surface area contributed by atoms with Crippen molar-refractivity contribution in [1.82, 2.24) is 10.2 Å². The van der Waals surface area contributed by atoms with Crippen molar-refractivity contribution in [2.45, 2.75) is 31.0 Å². The van der Waals surface area contributed by atoms with E-state index in [1.807, 2.05) is 0 Å². The summed E-state index contributed by atoms with van der Waals surface area (Å²) in [6, 6.07) is -0.795. The summed E-state index contributed by atoms with van der Waals surface area (Å²) in [5.41, 5.74) is -2.29. The van der Waals surface area contributed by atoms with Crippen molar-refractivity contribution in [2.24, 2.45) is 0 Å². The molecule has 1 unspecified atom stereocenters. The Labute approximate surface area is 174 Å². The van der Waals surface area contributed by atoms with E-state index in [0.29, 0.717) is 0 Å². The summed E-state index contributed by atoms with van der Waals surface area (Å²) in [5.74, 6) is 0. The third kappa shape index (κ3) is 6.47. The maximum absolute atomic E-state index is 15.0. The van der Waals surface area contributed by atoms with Crippen molar-refractivity contribution in [3.8, 4) is 0 Å². The number of nitrogens with zero attached hydrogens (tertiary/aromatic N) is 1. The van der Waals surface area contributed by atoms with Gasteiger partial charge in [-0.25, -0.2) is 22.6 Å². The van der Waals surface area contributed by atoms with Crippen LogP contribution in [0.3, 0.4) is 0 Å². The Morgan fingerprint density at radius 2 is 1.97 bits per heavy atom. The molecule has 2 rings (SSSR count). The number of allylic oxidation sites excluding steroid dienone is 1. The number of hydrogen-bond donors (Lipinski definition) is 6. The van der Waals surface area contributed by atoms with Gasteiger partial charge in [-0.15, -0.1) is 0 Å². The maximum atomic E-state index is 15.0. The molecule has 0 aromatic heterocycles. The summed E-state index contributed by atoms with van der Waals surface area (Å²) in [6.07, 6.45) is -2.56. The number of halogens is 1. The molecule has 1 fully saturated rings. The lowest BCUT2D eigenvalue weighted by Crippen LogP contribution is -2.53. The van der Waals surface area contributed by atoms with Crippen LogP contribution < -0.4 is 5.32 Å². The fraction of sp³-hybridized carbons (Fsp3) is 0.545. The Kier molecular flexibility index (Phi) is 7.50. The predicted octanol–water partition coefficient (Wildman–Crippen LogP) is 0.313. The number of alkyl halides is 1. The van der Waals surface area contributed by atoms with Gasteiger partial charge in [0.15, 0.2) is 11.9 Å². The molecular formula is C11H18FN2O12P3S. The number of nitrogens with one attached hydrogen (secondary N) is 1. The Balaban J connectivity index is 2.07. The van der Waals surface area contributed by atoms with Crippen LogP contribution in [0.4, 0.5) is 9.18 Å². The number of carbonyl (C=O) groups is 1. The summed E-state index contributed by atoms with van der Waals surface area (Å²) >= 11 is 4.43. The molecule has 0 radical (unpaired) electrons. The first-order valence-corrected chi connectivity index (χ1v) is 13.3.